The number of aromatic nitrogens is 2. The number of rotatable bonds is 5. The van der Waals surface area contributed by atoms with E-state index in [9.17, 15) is 4.79 Å². The summed E-state index contributed by atoms with van der Waals surface area (Å²) in [5.41, 5.74) is 1.96. The highest BCUT2D eigenvalue weighted by Crippen LogP contribution is 2.39. The number of fused-ring (bicyclic) bond motifs is 1. The zero-order chi connectivity index (χ0) is 21.3. The maximum absolute atomic E-state index is 12.4. The van der Waals surface area contributed by atoms with Gasteiger partial charge in [0.1, 0.15) is 12.4 Å². The molecule has 0 spiro atoms. The van der Waals surface area contributed by atoms with Crippen LogP contribution in [-0.4, -0.2) is 17.1 Å². The van der Waals surface area contributed by atoms with E-state index in [4.69, 9.17) is 32.7 Å². The Hall–Kier alpha value is -2.54. The number of para-hydroxylation sites is 1. The number of nitrogens with one attached hydrogen (secondary N) is 1. The minimum absolute atomic E-state index is 0.203. The van der Waals surface area contributed by atoms with Crippen LogP contribution in [0.5, 0.6) is 11.5 Å². The molecule has 0 aliphatic carbocycles. The Morgan fingerprint density at radius 1 is 1.07 bits per heavy atom. The van der Waals surface area contributed by atoms with E-state index in [0.717, 1.165) is 5.56 Å². The topological polar surface area (TPSA) is 64.2 Å². The Bertz CT molecular complexity index is 1310. The van der Waals surface area contributed by atoms with Crippen molar-refractivity contribution in [2.24, 2.45) is 0 Å². The molecule has 1 heterocycles. The van der Waals surface area contributed by atoms with Gasteiger partial charge < -0.3 is 14.5 Å². The molecule has 1 N–H and O–H groups in total. The molecule has 30 heavy (non-hydrogen) atoms. The van der Waals surface area contributed by atoms with E-state index in [1.165, 1.54) is 0 Å². The molecule has 0 saturated heterocycles. The fraction of sp³-hybridized carbons (Fsp3) is 0.0909. The van der Waals surface area contributed by atoms with Gasteiger partial charge >= 0.3 is 0 Å². The van der Waals surface area contributed by atoms with Gasteiger partial charge in [0.25, 0.3) is 5.56 Å². The fourth-order valence-corrected chi connectivity index (χ4v) is 3.88. The first-order valence-corrected chi connectivity index (χ1v) is 10.4. The molecule has 0 saturated carbocycles. The number of hydrogen-bond donors (Lipinski definition) is 1. The Morgan fingerprint density at radius 3 is 2.63 bits per heavy atom. The summed E-state index contributed by atoms with van der Waals surface area (Å²) in [5.74, 6) is 1.46. The van der Waals surface area contributed by atoms with Crippen LogP contribution in [0, 0.1) is 0 Å². The first-order chi connectivity index (χ1) is 14.5. The summed E-state index contributed by atoms with van der Waals surface area (Å²) < 4.78 is 12.1. The predicted octanol–water partition coefficient (Wildman–Crippen LogP) is 6.25. The Kier molecular flexibility index (Phi) is 5.99. The molecule has 8 heteroatoms. The molecule has 0 aliphatic rings. The van der Waals surface area contributed by atoms with Crippen molar-refractivity contribution >= 4 is 50.0 Å². The maximum atomic E-state index is 12.4. The van der Waals surface area contributed by atoms with Gasteiger partial charge in [-0.3, -0.25) is 4.79 Å². The fourth-order valence-electron chi connectivity index (χ4n) is 3.00. The highest BCUT2D eigenvalue weighted by Gasteiger charge is 2.15. The minimum atomic E-state index is -0.203. The Morgan fingerprint density at radius 2 is 1.87 bits per heavy atom. The molecule has 0 fully saturated rings. The molecule has 0 radical (unpaired) electrons. The van der Waals surface area contributed by atoms with Gasteiger partial charge in [0.05, 0.1) is 32.5 Å². The summed E-state index contributed by atoms with van der Waals surface area (Å²) >= 11 is 15.6. The number of halogens is 3. The molecular weight excluding hydrogens is 491 g/mol. The number of benzene rings is 3. The number of hydrogen-bond acceptors (Lipinski definition) is 4. The highest BCUT2D eigenvalue weighted by atomic mass is 79.9. The molecule has 0 amide bonds. The smallest absolute Gasteiger partial charge is 0.259 e. The summed E-state index contributed by atoms with van der Waals surface area (Å²) in [4.78, 5) is 19.8. The molecule has 3 aromatic carbocycles. The molecule has 4 aromatic rings. The minimum Gasteiger partial charge on any atom is -0.493 e. The molecule has 5 nitrogen and oxygen atoms in total. The third-order valence-corrected chi connectivity index (χ3v) is 5.81. The van der Waals surface area contributed by atoms with Crippen molar-refractivity contribution in [2.45, 2.75) is 6.61 Å². The Labute approximate surface area is 190 Å². The number of nitrogens with zero attached hydrogens (tertiary/aromatic N) is 1. The quantitative estimate of drug-likeness (QED) is 0.348. The van der Waals surface area contributed by atoms with Crippen molar-refractivity contribution < 1.29 is 9.47 Å². The molecule has 4 rings (SSSR count). The van der Waals surface area contributed by atoms with Crippen LogP contribution in [0.4, 0.5) is 0 Å². The third kappa shape index (κ3) is 4.17. The van der Waals surface area contributed by atoms with Crippen molar-refractivity contribution in [3.8, 4) is 22.9 Å². The lowest BCUT2D eigenvalue weighted by Gasteiger charge is -2.15. The van der Waals surface area contributed by atoms with Gasteiger partial charge in [-0.1, -0.05) is 41.4 Å². The lowest BCUT2D eigenvalue weighted by Crippen LogP contribution is -2.09. The molecule has 1 aromatic heterocycles. The monoisotopic (exact) mass is 504 g/mol. The number of aromatic amines is 1. The molecular formula is C22H15BrCl2N2O3. The second-order valence-corrected chi connectivity index (χ2v) is 8.13. The molecule has 0 bridgehead atoms. The van der Waals surface area contributed by atoms with Gasteiger partial charge in [0.15, 0.2) is 11.5 Å². The summed E-state index contributed by atoms with van der Waals surface area (Å²) in [7, 11) is 1.55. The number of H-pyrrole nitrogens is 1. The predicted molar refractivity (Wildman–Crippen MR) is 123 cm³/mol. The summed E-state index contributed by atoms with van der Waals surface area (Å²) in [6.07, 6.45) is 0. The first kappa shape index (κ1) is 20.7. The van der Waals surface area contributed by atoms with E-state index in [0.29, 0.717) is 48.3 Å². The summed E-state index contributed by atoms with van der Waals surface area (Å²) in [5, 5.41) is 1.49. The van der Waals surface area contributed by atoms with Crippen molar-refractivity contribution in [3.05, 3.63) is 85.0 Å². The van der Waals surface area contributed by atoms with Gasteiger partial charge in [-0.05, 0) is 57.9 Å². The standard InChI is InChI=1S/C22H15BrCl2N2O3/c1-29-19-10-13(21-26-18-5-3-2-4-14(18)22(28)27-21)9-15(23)20(19)30-11-12-6-7-16(24)17(25)8-12/h2-10H,11H2,1H3,(H,26,27,28). The molecule has 0 unspecified atom stereocenters. The van der Waals surface area contributed by atoms with E-state index in [1.807, 2.05) is 18.2 Å². The first-order valence-electron chi connectivity index (χ1n) is 8.90. The van der Waals surface area contributed by atoms with Gasteiger partial charge in [-0.15, -0.1) is 0 Å². The van der Waals surface area contributed by atoms with Crippen LogP contribution in [0.15, 0.2) is 63.9 Å². The lowest BCUT2D eigenvalue weighted by molar-refractivity contribution is 0.282. The Balaban J connectivity index is 1.68. The van der Waals surface area contributed by atoms with Crippen molar-refractivity contribution in [1.29, 1.82) is 0 Å². The molecule has 0 atom stereocenters. The van der Waals surface area contributed by atoms with Crippen molar-refractivity contribution in [1.82, 2.24) is 9.97 Å². The van der Waals surface area contributed by atoms with E-state index >= 15 is 0 Å². The number of methoxy groups -OCH3 is 1. The van der Waals surface area contributed by atoms with Crippen molar-refractivity contribution in [3.63, 3.8) is 0 Å². The second kappa shape index (κ2) is 8.68. The number of ether oxygens (including phenoxy) is 2. The van der Waals surface area contributed by atoms with E-state index in [2.05, 4.69) is 25.9 Å². The van der Waals surface area contributed by atoms with Gasteiger partial charge in [-0.2, -0.15) is 0 Å². The van der Waals surface area contributed by atoms with Crippen LogP contribution in [0.25, 0.3) is 22.3 Å². The zero-order valence-electron chi connectivity index (χ0n) is 15.7. The van der Waals surface area contributed by atoms with Crippen LogP contribution in [0.2, 0.25) is 10.0 Å². The van der Waals surface area contributed by atoms with Crippen LogP contribution >= 0.6 is 39.1 Å². The van der Waals surface area contributed by atoms with E-state index < -0.39 is 0 Å². The zero-order valence-corrected chi connectivity index (χ0v) is 18.8. The van der Waals surface area contributed by atoms with Crippen LogP contribution in [0.3, 0.4) is 0 Å². The van der Waals surface area contributed by atoms with Crippen LogP contribution in [0.1, 0.15) is 5.56 Å². The van der Waals surface area contributed by atoms with E-state index in [-0.39, 0.29) is 12.2 Å². The van der Waals surface area contributed by atoms with Crippen LogP contribution < -0.4 is 15.0 Å². The van der Waals surface area contributed by atoms with Gasteiger partial charge in [-0.25, -0.2) is 4.98 Å². The van der Waals surface area contributed by atoms with Crippen molar-refractivity contribution in [2.75, 3.05) is 7.11 Å². The summed E-state index contributed by atoms with van der Waals surface area (Å²) in [6.45, 7) is 0.274. The SMILES string of the molecule is COc1cc(-c2nc3ccccc3c(=O)[nH]2)cc(Br)c1OCc1ccc(Cl)c(Cl)c1. The normalized spacial score (nSPS) is 10.9. The summed E-state index contributed by atoms with van der Waals surface area (Å²) in [6, 6.07) is 16.1. The molecule has 0 aliphatic heterocycles. The second-order valence-electron chi connectivity index (χ2n) is 6.46. The maximum Gasteiger partial charge on any atom is 0.259 e. The van der Waals surface area contributed by atoms with Crippen LogP contribution in [-0.2, 0) is 6.61 Å². The third-order valence-electron chi connectivity index (χ3n) is 4.48. The highest BCUT2D eigenvalue weighted by molar-refractivity contribution is 9.10. The average Bonchev–Trinajstić information content (AvgIpc) is 2.74. The molecule has 152 valence electrons. The van der Waals surface area contributed by atoms with Gasteiger partial charge in [0.2, 0.25) is 0 Å². The lowest BCUT2D eigenvalue weighted by atomic mass is 10.1. The van der Waals surface area contributed by atoms with E-state index in [1.54, 1.807) is 43.5 Å². The average molecular weight is 506 g/mol. The van der Waals surface area contributed by atoms with Gasteiger partial charge in [0, 0.05) is 5.56 Å². The largest absolute Gasteiger partial charge is 0.493 e.